The van der Waals surface area contributed by atoms with Gasteiger partial charge in [-0.2, -0.15) is 5.10 Å². The zero-order chi connectivity index (χ0) is 27.4. The Morgan fingerprint density at radius 1 is 1.13 bits per heavy atom. The molecule has 8 heteroatoms. The second-order valence-corrected chi connectivity index (χ2v) is 10.4. The minimum atomic E-state index is -0.401. The molecular formula is C31H31ClFN3O3. The lowest BCUT2D eigenvalue weighted by Crippen LogP contribution is -2.37. The van der Waals surface area contributed by atoms with Crippen LogP contribution in [-0.4, -0.2) is 39.8 Å². The number of ether oxygens (including phenoxy) is 2. The Morgan fingerprint density at radius 2 is 1.90 bits per heavy atom. The van der Waals surface area contributed by atoms with Gasteiger partial charge in [0.1, 0.15) is 11.6 Å². The van der Waals surface area contributed by atoms with Gasteiger partial charge in [-0.15, -0.1) is 0 Å². The summed E-state index contributed by atoms with van der Waals surface area (Å²) < 4.78 is 28.1. The number of halogens is 2. The Balaban J connectivity index is 1.60. The van der Waals surface area contributed by atoms with E-state index in [-0.39, 0.29) is 24.5 Å². The van der Waals surface area contributed by atoms with E-state index >= 15 is 0 Å². The number of hydrogen-bond acceptors (Lipinski definition) is 4. The molecule has 202 valence electrons. The predicted molar refractivity (Wildman–Crippen MR) is 149 cm³/mol. The molecule has 39 heavy (non-hydrogen) atoms. The van der Waals surface area contributed by atoms with Gasteiger partial charge in [-0.05, 0) is 67.3 Å². The van der Waals surface area contributed by atoms with E-state index in [4.69, 9.17) is 26.2 Å². The first-order chi connectivity index (χ1) is 18.9. The lowest BCUT2D eigenvalue weighted by atomic mass is 10.0. The Hall–Kier alpha value is -3.68. The van der Waals surface area contributed by atoms with Crippen LogP contribution in [0.15, 0.2) is 78.9 Å². The first kappa shape index (κ1) is 26.9. The predicted octanol–water partition coefficient (Wildman–Crippen LogP) is 7.40. The normalized spacial score (nSPS) is 15.1. The van der Waals surface area contributed by atoms with Gasteiger partial charge in [-0.1, -0.05) is 49.7 Å². The van der Waals surface area contributed by atoms with Gasteiger partial charge in [0.05, 0.1) is 29.6 Å². The molecule has 1 aliphatic heterocycles. The van der Waals surface area contributed by atoms with Crippen molar-refractivity contribution in [1.82, 2.24) is 14.7 Å². The van der Waals surface area contributed by atoms with Crippen LogP contribution in [-0.2, 0) is 11.3 Å². The second kappa shape index (κ2) is 12.0. The van der Waals surface area contributed by atoms with Crippen molar-refractivity contribution in [3.63, 3.8) is 0 Å². The summed E-state index contributed by atoms with van der Waals surface area (Å²) >= 11 is 6.09. The molecule has 1 saturated heterocycles. The van der Waals surface area contributed by atoms with Crippen molar-refractivity contribution in [1.29, 1.82) is 0 Å². The molecule has 5 rings (SSSR count). The van der Waals surface area contributed by atoms with Crippen LogP contribution in [0, 0.1) is 5.82 Å². The van der Waals surface area contributed by atoms with E-state index in [1.54, 1.807) is 46.0 Å². The van der Waals surface area contributed by atoms with Gasteiger partial charge in [-0.25, -0.2) is 9.07 Å². The molecule has 1 fully saturated rings. The molecule has 1 aliphatic rings. The summed E-state index contributed by atoms with van der Waals surface area (Å²) in [5, 5.41) is 5.50. The summed E-state index contributed by atoms with van der Waals surface area (Å²) in [6, 6.07) is 22.5. The van der Waals surface area contributed by atoms with E-state index in [1.165, 1.54) is 12.1 Å². The topological polar surface area (TPSA) is 56.6 Å². The van der Waals surface area contributed by atoms with E-state index in [0.29, 0.717) is 35.4 Å². The highest BCUT2D eigenvalue weighted by Crippen LogP contribution is 2.35. The Kier molecular flexibility index (Phi) is 8.29. The Bertz CT molecular complexity index is 1420. The van der Waals surface area contributed by atoms with Crippen LogP contribution in [0.2, 0.25) is 5.02 Å². The molecule has 0 aliphatic carbocycles. The molecule has 0 radical (unpaired) electrons. The third-order valence-electron chi connectivity index (χ3n) is 6.70. The van der Waals surface area contributed by atoms with Crippen LogP contribution in [0.1, 0.15) is 54.2 Å². The SMILES string of the molecule is CC(C)c1nn(-c2ccccc2)c(Oc2cccc(F)c2)c1CN(C[C@H]1CCCO1)C(=O)c1ccc(Cl)cc1. The fraction of sp³-hybridized carbons (Fsp3) is 0.290. The highest BCUT2D eigenvalue weighted by atomic mass is 35.5. The molecular weight excluding hydrogens is 517 g/mol. The number of nitrogens with zero attached hydrogens (tertiary/aromatic N) is 3. The molecule has 1 aromatic heterocycles. The Labute approximate surface area is 232 Å². The highest BCUT2D eigenvalue weighted by Gasteiger charge is 2.29. The maximum absolute atomic E-state index is 14.1. The van der Waals surface area contributed by atoms with Crippen molar-refractivity contribution in [3.05, 3.63) is 107 Å². The fourth-order valence-electron chi connectivity index (χ4n) is 4.77. The molecule has 2 heterocycles. The van der Waals surface area contributed by atoms with Crippen molar-refractivity contribution in [2.45, 2.75) is 45.3 Å². The number of amides is 1. The number of para-hydroxylation sites is 1. The van der Waals surface area contributed by atoms with Gasteiger partial charge in [0, 0.05) is 29.8 Å². The van der Waals surface area contributed by atoms with Gasteiger partial charge < -0.3 is 14.4 Å². The minimum absolute atomic E-state index is 0.0371. The lowest BCUT2D eigenvalue weighted by molar-refractivity contribution is 0.0505. The molecule has 6 nitrogen and oxygen atoms in total. The van der Waals surface area contributed by atoms with Gasteiger partial charge in [0.2, 0.25) is 5.88 Å². The zero-order valence-electron chi connectivity index (χ0n) is 22.0. The van der Waals surface area contributed by atoms with E-state index in [0.717, 1.165) is 29.8 Å². The monoisotopic (exact) mass is 547 g/mol. The van der Waals surface area contributed by atoms with E-state index in [9.17, 15) is 9.18 Å². The zero-order valence-corrected chi connectivity index (χ0v) is 22.8. The molecule has 0 saturated carbocycles. The molecule has 0 bridgehead atoms. The van der Waals surface area contributed by atoms with Crippen molar-refractivity contribution in [2.75, 3.05) is 13.2 Å². The van der Waals surface area contributed by atoms with Crippen molar-refractivity contribution >= 4 is 17.5 Å². The highest BCUT2D eigenvalue weighted by molar-refractivity contribution is 6.30. The van der Waals surface area contributed by atoms with Crippen LogP contribution in [0.5, 0.6) is 11.6 Å². The van der Waals surface area contributed by atoms with Gasteiger partial charge in [0.15, 0.2) is 0 Å². The van der Waals surface area contributed by atoms with E-state index in [1.807, 2.05) is 30.3 Å². The third-order valence-corrected chi connectivity index (χ3v) is 6.95. The van der Waals surface area contributed by atoms with Crippen LogP contribution < -0.4 is 4.74 Å². The van der Waals surface area contributed by atoms with Crippen LogP contribution in [0.25, 0.3) is 5.69 Å². The molecule has 0 N–H and O–H groups in total. The van der Waals surface area contributed by atoms with Crippen molar-refractivity contribution in [3.8, 4) is 17.3 Å². The molecule has 4 aromatic rings. The maximum Gasteiger partial charge on any atom is 0.254 e. The Morgan fingerprint density at radius 3 is 2.56 bits per heavy atom. The summed E-state index contributed by atoms with van der Waals surface area (Å²) in [6.45, 7) is 5.46. The fourth-order valence-corrected chi connectivity index (χ4v) is 4.90. The van der Waals surface area contributed by atoms with Crippen LogP contribution >= 0.6 is 11.6 Å². The molecule has 3 aromatic carbocycles. The number of carbonyl (C=O) groups is 1. The lowest BCUT2D eigenvalue weighted by Gasteiger charge is -2.26. The molecule has 1 amide bonds. The summed E-state index contributed by atoms with van der Waals surface area (Å²) in [7, 11) is 0. The smallest absolute Gasteiger partial charge is 0.254 e. The van der Waals surface area contributed by atoms with Crippen molar-refractivity contribution in [2.24, 2.45) is 0 Å². The minimum Gasteiger partial charge on any atom is -0.438 e. The van der Waals surface area contributed by atoms with Gasteiger partial charge >= 0.3 is 0 Å². The van der Waals surface area contributed by atoms with Gasteiger partial charge in [0.25, 0.3) is 5.91 Å². The van der Waals surface area contributed by atoms with E-state index in [2.05, 4.69) is 13.8 Å². The number of benzene rings is 3. The summed E-state index contributed by atoms with van der Waals surface area (Å²) in [5.74, 6) is 0.285. The quantitative estimate of drug-likeness (QED) is 0.219. The summed E-state index contributed by atoms with van der Waals surface area (Å²) in [6.07, 6.45) is 1.79. The average Bonchev–Trinajstić information content (AvgIpc) is 3.57. The molecule has 0 unspecified atom stereocenters. The molecule has 0 spiro atoms. The first-order valence-electron chi connectivity index (χ1n) is 13.2. The van der Waals surface area contributed by atoms with Gasteiger partial charge in [-0.3, -0.25) is 4.79 Å². The number of hydrogen-bond donors (Lipinski definition) is 0. The van der Waals surface area contributed by atoms with Crippen LogP contribution in [0.4, 0.5) is 4.39 Å². The van der Waals surface area contributed by atoms with Crippen molar-refractivity contribution < 1.29 is 18.7 Å². The van der Waals surface area contributed by atoms with Crippen LogP contribution in [0.3, 0.4) is 0 Å². The number of carbonyl (C=O) groups excluding carboxylic acids is 1. The third kappa shape index (κ3) is 6.32. The summed E-state index contributed by atoms with van der Waals surface area (Å²) in [5.41, 5.74) is 2.89. The van der Waals surface area contributed by atoms with E-state index < -0.39 is 5.82 Å². The largest absolute Gasteiger partial charge is 0.438 e. The average molecular weight is 548 g/mol. The molecule has 1 atom stereocenters. The standard InChI is InChI=1S/C31H31ClFN3O3/c1-21(2)29-28(20-35(19-27-12-7-17-38-27)30(37)22-13-15-23(32)16-14-22)31(39-26-11-6-8-24(33)18-26)36(34-29)25-9-4-3-5-10-25/h3-6,8-11,13-16,18,21,27H,7,12,17,19-20H2,1-2H3/t27-/m1/s1. The summed E-state index contributed by atoms with van der Waals surface area (Å²) in [4.78, 5) is 15.6. The second-order valence-electron chi connectivity index (χ2n) is 9.96. The first-order valence-corrected chi connectivity index (χ1v) is 13.5. The maximum atomic E-state index is 14.1. The number of aromatic nitrogens is 2. The number of rotatable bonds is 9.